The highest BCUT2D eigenvalue weighted by Crippen LogP contribution is 2.18. The van der Waals surface area contributed by atoms with Gasteiger partial charge in [0.1, 0.15) is 0 Å². The van der Waals surface area contributed by atoms with Crippen LogP contribution >= 0.6 is 22.9 Å². The molecule has 0 aliphatic carbocycles. The van der Waals surface area contributed by atoms with Gasteiger partial charge in [-0.25, -0.2) is 4.68 Å². The van der Waals surface area contributed by atoms with E-state index in [9.17, 15) is 9.59 Å². The average molecular weight is 388 g/mol. The summed E-state index contributed by atoms with van der Waals surface area (Å²) >= 11 is 7.51. The Balaban J connectivity index is 1.55. The third kappa shape index (κ3) is 5.03. The van der Waals surface area contributed by atoms with Crippen LogP contribution in [0.15, 0.2) is 58.7 Å². The van der Waals surface area contributed by atoms with E-state index in [2.05, 4.69) is 10.4 Å². The molecule has 0 atom stereocenters. The summed E-state index contributed by atoms with van der Waals surface area (Å²) in [4.78, 5) is 25.0. The van der Waals surface area contributed by atoms with Gasteiger partial charge in [0, 0.05) is 34.5 Å². The molecule has 134 valence electrons. The zero-order valence-electron chi connectivity index (χ0n) is 14.0. The highest BCUT2D eigenvalue weighted by molar-refractivity contribution is 7.09. The average Bonchev–Trinajstić information content (AvgIpc) is 3.16. The maximum Gasteiger partial charge on any atom is 0.266 e. The van der Waals surface area contributed by atoms with Gasteiger partial charge in [-0.3, -0.25) is 9.59 Å². The molecule has 0 saturated carbocycles. The van der Waals surface area contributed by atoms with Crippen molar-refractivity contribution in [2.45, 2.75) is 25.9 Å². The highest BCUT2D eigenvalue weighted by atomic mass is 35.5. The molecular formula is C19H18ClN3O2S. The molecule has 1 amide bonds. The number of carbonyl (C=O) groups excluding carboxylic acids is 1. The zero-order chi connectivity index (χ0) is 18.4. The van der Waals surface area contributed by atoms with Crippen molar-refractivity contribution in [3.8, 4) is 11.3 Å². The van der Waals surface area contributed by atoms with E-state index in [-0.39, 0.29) is 11.5 Å². The first kappa shape index (κ1) is 18.4. The van der Waals surface area contributed by atoms with Crippen LogP contribution in [0.4, 0.5) is 0 Å². The molecule has 0 fully saturated rings. The molecule has 5 nitrogen and oxygen atoms in total. The minimum atomic E-state index is -0.179. The van der Waals surface area contributed by atoms with Gasteiger partial charge >= 0.3 is 0 Å². The quantitative estimate of drug-likeness (QED) is 0.672. The third-order valence-corrected chi connectivity index (χ3v) is 4.95. The van der Waals surface area contributed by atoms with Crippen LogP contribution in [0.5, 0.6) is 0 Å². The Morgan fingerprint density at radius 2 is 1.96 bits per heavy atom. The number of rotatable bonds is 7. The Morgan fingerprint density at radius 1 is 1.15 bits per heavy atom. The molecule has 1 aromatic carbocycles. The normalized spacial score (nSPS) is 10.7. The third-order valence-electron chi connectivity index (χ3n) is 3.82. The molecule has 26 heavy (non-hydrogen) atoms. The van der Waals surface area contributed by atoms with Crippen LogP contribution in [0.25, 0.3) is 11.3 Å². The number of benzene rings is 1. The van der Waals surface area contributed by atoms with E-state index in [4.69, 9.17) is 11.6 Å². The van der Waals surface area contributed by atoms with Crippen LogP contribution in [0, 0.1) is 0 Å². The second-order valence-electron chi connectivity index (χ2n) is 5.75. The van der Waals surface area contributed by atoms with Gasteiger partial charge in [-0.15, -0.1) is 11.3 Å². The lowest BCUT2D eigenvalue weighted by molar-refractivity contribution is -0.121. The van der Waals surface area contributed by atoms with Gasteiger partial charge in [-0.05, 0) is 36.1 Å². The molecule has 0 spiro atoms. The highest BCUT2D eigenvalue weighted by Gasteiger charge is 2.06. The molecule has 0 unspecified atom stereocenters. The van der Waals surface area contributed by atoms with Crippen molar-refractivity contribution in [2.75, 3.05) is 0 Å². The number of halogens is 1. The van der Waals surface area contributed by atoms with Crippen LogP contribution in [-0.2, 0) is 17.9 Å². The molecule has 3 rings (SSSR count). The molecule has 0 aliphatic rings. The van der Waals surface area contributed by atoms with Crippen molar-refractivity contribution in [2.24, 2.45) is 0 Å². The van der Waals surface area contributed by atoms with Crippen molar-refractivity contribution >= 4 is 28.8 Å². The lowest BCUT2D eigenvalue weighted by Gasteiger charge is -2.08. The molecular weight excluding hydrogens is 370 g/mol. The summed E-state index contributed by atoms with van der Waals surface area (Å²) < 4.78 is 1.40. The molecule has 0 bridgehead atoms. The fourth-order valence-corrected chi connectivity index (χ4v) is 3.23. The maximum atomic E-state index is 12.0. The Kier molecular flexibility index (Phi) is 6.20. The van der Waals surface area contributed by atoms with Gasteiger partial charge < -0.3 is 5.32 Å². The second kappa shape index (κ2) is 8.78. The number of nitrogens with one attached hydrogen (secondary N) is 1. The van der Waals surface area contributed by atoms with Gasteiger partial charge in [-0.1, -0.05) is 29.8 Å². The van der Waals surface area contributed by atoms with Crippen molar-refractivity contribution in [3.63, 3.8) is 0 Å². The lowest BCUT2D eigenvalue weighted by Crippen LogP contribution is -2.25. The fraction of sp³-hybridized carbons (Fsp3) is 0.211. The number of aryl methyl sites for hydroxylation is 1. The summed E-state index contributed by atoms with van der Waals surface area (Å²) in [5, 5.41) is 9.89. The van der Waals surface area contributed by atoms with Crippen molar-refractivity contribution < 1.29 is 4.79 Å². The fourth-order valence-electron chi connectivity index (χ4n) is 2.46. The smallest absolute Gasteiger partial charge is 0.266 e. The van der Waals surface area contributed by atoms with Crippen LogP contribution in [0.3, 0.4) is 0 Å². The maximum absolute atomic E-state index is 12.0. The molecule has 0 aliphatic heterocycles. The van der Waals surface area contributed by atoms with E-state index >= 15 is 0 Å². The Bertz CT molecular complexity index is 921. The second-order valence-corrected chi connectivity index (χ2v) is 7.22. The first-order valence-corrected chi connectivity index (χ1v) is 9.51. The van der Waals surface area contributed by atoms with E-state index in [0.717, 1.165) is 10.4 Å². The first-order chi connectivity index (χ1) is 12.6. The van der Waals surface area contributed by atoms with Crippen molar-refractivity contribution in [3.05, 3.63) is 74.2 Å². The van der Waals surface area contributed by atoms with Crippen molar-refractivity contribution in [1.82, 2.24) is 15.1 Å². The minimum absolute atomic E-state index is 0.0275. The molecule has 0 saturated heterocycles. The number of carbonyl (C=O) groups is 1. The Labute approximate surface area is 160 Å². The summed E-state index contributed by atoms with van der Waals surface area (Å²) in [6.07, 6.45) is 0.901. The van der Waals surface area contributed by atoms with E-state index in [1.807, 2.05) is 29.6 Å². The summed E-state index contributed by atoms with van der Waals surface area (Å²) in [6, 6.07) is 14.4. The molecule has 2 aromatic heterocycles. The number of hydrogen-bond donors (Lipinski definition) is 1. The predicted molar refractivity (Wildman–Crippen MR) is 104 cm³/mol. The number of amides is 1. The van der Waals surface area contributed by atoms with Crippen LogP contribution in [0.1, 0.15) is 17.7 Å². The van der Waals surface area contributed by atoms with Gasteiger partial charge in [0.15, 0.2) is 0 Å². The number of nitrogens with zero attached hydrogens (tertiary/aromatic N) is 2. The van der Waals surface area contributed by atoms with Crippen LogP contribution in [0.2, 0.25) is 5.02 Å². The largest absolute Gasteiger partial charge is 0.351 e. The van der Waals surface area contributed by atoms with E-state index in [0.29, 0.717) is 36.6 Å². The van der Waals surface area contributed by atoms with Gasteiger partial charge in [0.25, 0.3) is 5.56 Å². The van der Waals surface area contributed by atoms with Gasteiger partial charge in [-0.2, -0.15) is 5.10 Å². The summed E-state index contributed by atoms with van der Waals surface area (Å²) in [5.41, 5.74) is 1.40. The summed E-state index contributed by atoms with van der Waals surface area (Å²) in [5.74, 6) is -0.0275. The Morgan fingerprint density at radius 3 is 2.69 bits per heavy atom. The molecule has 0 radical (unpaired) electrons. The number of hydrogen-bond acceptors (Lipinski definition) is 4. The monoisotopic (exact) mass is 387 g/mol. The van der Waals surface area contributed by atoms with Crippen LogP contribution in [-0.4, -0.2) is 15.7 Å². The first-order valence-electron chi connectivity index (χ1n) is 8.25. The molecule has 3 aromatic rings. The minimum Gasteiger partial charge on any atom is -0.351 e. The van der Waals surface area contributed by atoms with Gasteiger partial charge in [0.2, 0.25) is 5.91 Å². The molecule has 7 heteroatoms. The zero-order valence-corrected chi connectivity index (χ0v) is 15.6. The van der Waals surface area contributed by atoms with Gasteiger partial charge in [0.05, 0.1) is 12.2 Å². The molecule has 2 heterocycles. The van der Waals surface area contributed by atoms with E-state index < -0.39 is 0 Å². The lowest BCUT2D eigenvalue weighted by atomic mass is 10.1. The summed E-state index contributed by atoms with van der Waals surface area (Å²) in [6.45, 7) is 0.938. The topological polar surface area (TPSA) is 64.0 Å². The van der Waals surface area contributed by atoms with Crippen molar-refractivity contribution in [1.29, 1.82) is 0 Å². The predicted octanol–water partition coefficient (Wildman–Crippen LogP) is 3.72. The van der Waals surface area contributed by atoms with Crippen LogP contribution < -0.4 is 10.9 Å². The standard InChI is InChI=1S/C19H18ClN3O2S/c20-15-7-5-14(6-8-15)17-9-10-19(25)23(22-17)11-1-4-18(24)21-13-16-3-2-12-26-16/h2-3,5-10,12H,1,4,11,13H2,(H,21,24). The van der Waals surface area contributed by atoms with E-state index in [1.165, 1.54) is 10.7 Å². The number of thiophene rings is 1. The molecule has 1 N–H and O–H groups in total. The SMILES string of the molecule is O=C(CCCn1nc(-c2ccc(Cl)cc2)ccc1=O)NCc1cccs1. The Hall–Kier alpha value is -2.44. The summed E-state index contributed by atoms with van der Waals surface area (Å²) in [7, 11) is 0. The number of aromatic nitrogens is 2. The van der Waals surface area contributed by atoms with E-state index in [1.54, 1.807) is 29.5 Å².